The molecule has 26 heavy (non-hydrogen) atoms. The first kappa shape index (κ1) is 17.9. The predicted octanol–water partition coefficient (Wildman–Crippen LogP) is 4.71. The van der Waals surface area contributed by atoms with Gasteiger partial charge in [0.15, 0.2) is 0 Å². The smallest absolute Gasteiger partial charge is 0.250 e. The summed E-state index contributed by atoms with van der Waals surface area (Å²) in [5, 5.41) is 3.03. The van der Waals surface area contributed by atoms with Crippen LogP contribution in [0.5, 0.6) is 5.75 Å². The molecule has 0 aliphatic carbocycles. The molecule has 1 amide bonds. The van der Waals surface area contributed by atoms with E-state index in [2.05, 4.69) is 4.98 Å². The molecule has 0 N–H and O–H groups in total. The molecule has 5 heteroatoms. The number of nitrogens with zero attached hydrogens (tertiary/aromatic N) is 2. The monoisotopic (exact) mass is 364 g/mol. The Morgan fingerprint density at radius 2 is 2.00 bits per heavy atom. The zero-order chi connectivity index (χ0) is 18.4. The maximum atomic E-state index is 12.3. The van der Waals surface area contributed by atoms with Crippen molar-refractivity contribution in [3.05, 3.63) is 82.3 Å². The lowest BCUT2D eigenvalue weighted by molar-refractivity contribution is -0.113. The largest absolute Gasteiger partial charge is 0.487 e. The standard InChI is InChI=1S/C21H20N2O2S/c1-16-22-18(15-26-16)14-25-20-10-6-7-17(13-20)11-12-21(24)23(2)19-8-4-3-5-9-19/h3-13,15H,14H2,1-2H3/b12-11+. The summed E-state index contributed by atoms with van der Waals surface area (Å²) in [4.78, 5) is 18.3. The average Bonchev–Trinajstić information content (AvgIpc) is 3.10. The van der Waals surface area contributed by atoms with Gasteiger partial charge in [0.25, 0.3) is 5.91 Å². The van der Waals surface area contributed by atoms with Crippen LogP contribution in [0, 0.1) is 6.92 Å². The third-order valence-corrected chi connectivity index (χ3v) is 4.63. The summed E-state index contributed by atoms with van der Waals surface area (Å²) in [5.74, 6) is 0.669. The quantitative estimate of drug-likeness (QED) is 0.595. The van der Waals surface area contributed by atoms with Crippen LogP contribution >= 0.6 is 11.3 Å². The van der Waals surface area contributed by atoms with Crippen molar-refractivity contribution < 1.29 is 9.53 Å². The van der Waals surface area contributed by atoms with E-state index in [1.165, 1.54) is 0 Å². The van der Waals surface area contributed by atoms with E-state index < -0.39 is 0 Å². The fourth-order valence-electron chi connectivity index (χ4n) is 2.40. The van der Waals surface area contributed by atoms with Gasteiger partial charge in [-0.2, -0.15) is 0 Å². The van der Waals surface area contributed by atoms with Crippen molar-refractivity contribution in [2.45, 2.75) is 13.5 Å². The molecule has 0 radical (unpaired) electrons. The zero-order valence-corrected chi connectivity index (χ0v) is 15.6. The maximum absolute atomic E-state index is 12.3. The number of aromatic nitrogens is 1. The molecule has 1 heterocycles. The minimum Gasteiger partial charge on any atom is -0.487 e. The van der Waals surface area contributed by atoms with Crippen LogP contribution in [0.4, 0.5) is 5.69 Å². The summed E-state index contributed by atoms with van der Waals surface area (Å²) in [6, 6.07) is 17.2. The summed E-state index contributed by atoms with van der Waals surface area (Å²) in [6.07, 6.45) is 3.36. The number of para-hydroxylation sites is 1. The summed E-state index contributed by atoms with van der Waals surface area (Å²) >= 11 is 1.61. The van der Waals surface area contributed by atoms with E-state index in [-0.39, 0.29) is 5.91 Å². The van der Waals surface area contributed by atoms with Crippen molar-refractivity contribution in [3.63, 3.8) is 0 Å². The molecule has 0 fully saturated rings. The Bertz CT molecular complexity index is 903. The molecule has 0 spiro atoms. The molecule has 0 bridgehead atoms. The highest BCUT2D eigenvalue weighted by Crippen LogP contribution is 2.18. The lowest BCUT2D eigenvalue weighted by Crippen LogP contribution is -2.23. The minimum atomic E-state index is -0.0829. The number of hydrogen-bond acceptors (Lipinski definition) is 4. The summed E-state index contributed by atoms with van der Waals surface area (Å²) in [7, 11) is 1.76. The summed E-state index contributed by atoms with van der Waals surface area (Å²) in [5.41, 5.74) is 2.69. The molecule has 4 nitrogen and oxygen atoms in total. The molecule has 1 aromatic heterocycles. The predicted molar refractivity (Wildman–Crippen MR) is 107 cm³/mol. The number of ether oxygens (including phenoxy) is 1. The van der Waals surface area contributed by atoms with Gasteiger partial charge < -0.3 is 9.64 Å². The van der Waals surface area contributed by atoms with Crippen molar-refractivity contribution in [2.75, 3.05) is 11.9 Å². The molecular weight excluding hydrogens is 344 g/mol. The molecule has 2 aromatic carbocycles. The highest BCUT2D eigenvalue weighted by atomic mass is 32.1. The van der Waals surface area contributed by atoms with E-state index in [1.54, 1.807) is 35.4 Å². The first-order valence-electron chi connectivity index (χ1n) is 8.26. The Labute approximate surface area is 157 Å². The van der Waals surface area contributed by atoms with E-state index in [0.29, 0.717) is 6.61 Å². The molecule has 0 saturated heterocycles. The minimum absolute atomic E-state index is 0.0829. The van der Waals surface area contributed by atoms with Crippen LogP contribution in [0.25, 0.3) is 6.08 Å². The molecule has 0 aliphatic heterocycles. The number of thiazole rings is 1. The van der Waals surface area contributed by atoms with E-state index in [9.17, 15) is 4.79 Å². The third-order valence-electron chi connectivity index (χ3n) is 3.80. The van der Waals surface area contributed by atoms with E-state index in [0.717, 1.165) is 27.7 Å². The first-order chi connectivity index (χ1) is 12.6. The lowest BCUT2D eigenvalue weighted by atomic mass is 10.2. The van der Waals surface area contributed by atoms with Crippen LogP contribution in [0.1, 0.15) is 16.3 Å². The molecule has 3 aromatic rings. The van der Waals surface area contributed by atoms with Gasteiger partial charge in [-0.15, -0.1) is 11.3 Å². The Morgan fingerprint density at radius 1 is 1.19 bits per heavy atom. The van der Waals surface area contributed by atoms with E-state index in [4.69, 9.17) is 4.74 Å². The number of likely N-dealkylation sites (N-methyl/N-ethyl adjacent to an activating group) is 1. The molecule has 0 unspecified atom stereocenters. The van der Waals surface area contributed by atoms with Gasteiger partial charge in [-0.25, -0.2) is 4.98 Å². The summed E-state index contributed by atoms with van der Waals surface area (Å²) < 4.78 is 5.78. The second-order valence-corrected chi connectivity index (χ2v) is 6.85. The average molecular weight is 364 g/mol. The number of hydrogen-bond donors (Lipinski definition) is 0. The van der Waals surface area contributed by atoms with Crippen molar-refractivity contribution in [2.24, 2.45) is 0 Å². The topological polar surface area (TPSA) is 42.4 Å². The van der Waals surface area contributed by atoms with Crippen LogP contribution in [0.15, 0.2) is 66.1 Å². The number of rotatable bonds is 6. The molecule has 3 rings (SSSR count). The number of amides is 1. The van der Waals surface area contributed by atoms with Crippen molar-refractivity contribution >= 4 is 29.0 Å². The molecule has 0 aliphatic rings. The molecular formula is C21H20N2O2S. The number of carbonyl (C=O) groups excluding carboxylic acids is 1. The van der Waals surface area contributed by atoms with Gasteiger partial charge in [0.2, 0.25) is 0 Å². The van der Waals surface area contributed by atoms with Gasteiger partial charge >= 0.3 is 0 Å². The number of benzene rings is 2. The Balaban J connectivity index is 1.62. The van der Waals surface area contributed by atoms with Gasteiger partial charge in [-0.3, -0.25) is 4.79 Å². The number of aryl methyl sites for hydroxylation is 1. The van der Waals surface area contributed by atoms with Crippen LogP contribution in [0.2, 0.25) is 0 Å². The first-order valence-corrected chi connectivity index (χ1v) is 9.14. The van der Waals surface area contributed by atoms with Gasteiger partial charge in [0, 0.05) is 24.2 Å². The number of carbonyl (C=O) groups is 1. The summed E-state index contributed by atoms with van der Waals surface area (Å²) in [6.45, 7) is 2.41. The normalized spacial score (nSPS) is 10.8. The molecule has 0 saturated carbocycles. The van der Waals surface area contributed by atoms with Crippen LogP contribution in [-0.2, 0) is 11.4 Å². The van der Waals surface area contributed by atoms with Gasteiger partial charge in [-0.1, -0.05) is 30.3 Å². The molecule has 0 atom stereocenters. The number of anilines is 1. The second kappa shape index (κ2) is 8.45. The van der Waals surface area contributed by atoms with Gasteiger partial charge in [-0.05, 0) is 42.8 Å². The zero-order valence-electron chi connectivity index (χ0n) is 14.8. The van der Waals surface area contributed by atoms with Gasteiger partial charge in [0.1, 0.15) is 12.4 Å². The Morgan fingerprint density at radius 3 is 2.73 bits per heavy atom. The van der Waals surface area contributed by atoms with E-state index in [1.807, 2.05) is 66.9 Å². The third kappa shape index (κ3) is 4.80. The Hall–Kier alpha value is -2.92. The van der Waals surface area contributed by atoms with Crippen molar-refractivity contribution in [1.29, 1.82) is 0 Å². The van der Waals surface area contributed by atoms with Crippen LogP contribution in [-0.4, -0.2) is 17.9 Å². The lowest BCUT2D eigenvalue weighted by Gasteiger charge is -2.14. The van der Waals surface area contributed by atoms with Crippen LogP contribution in [0.3, 0.4) is 0 Å². The maximum Gasteiger partial charge on any atom is 0.250 e. The fraction of sp³-hybridized carbons (Fsp3) is 0.143. The second-order valence-electron chi connectivity index (χ2n) is 5.79. The van der Waals surface area contributed by atoms with Crippen molar-refractivity contribution in [1.82, 2.24) is 4.98 Å². The van der Waals surface area contributed by atoms with Gasteiger partial charge in [0.05, 0.1) is 10.7 Å². The van der Waals surface area contributed by atoms with Crippen molar-refractivity contribution in [3.8, 4) is 5.75 Å². The fourth-order valence-corrected chi connectivity index (χ4v) is 3.00. The highest BCUT2D eigenvalue weighted by Gasteiger charge is 2.06. The SMILES string of the molecule is Cc1nc(COc2cccc(/C=C/C(=O)N(C)c3ccccc3)c2)cs1. The van der Waals surface area contributed by atoms with Crippen LogP contribution < -0.4 is 9.64 Å². The highest BCUT2D eigenvalue weighted by molar-refractivity contribution is 7.09. The Kier molecular flexibility index (Phi) is 5.81. The molecule has 132 valence electrons. The van der Waals surface area contributed by atoms with E-state index >= 15 is 0 Å².